The first-order valence-corrected chi connectivity index (χ1v) is 5.03. The molecule has 2 rings (SSSR count). The summed E-state index contributed by atoms with van der Waals surface area (Å²) < 4.78 is 5.26. The molecule has 1 fully saturated rings. The van der Waals surface area contributed by atoms with E-state index >= 15 is 0 Å². The van der Waals surface area contributed by atoms with E-state index in [1.54, 1.807) is 12.4 Å². The molecule has 1 saturated heterocycles. The molecule has 76 valence electrons. The van der Waals surface area contributed by atoms with Crippen molar-refractivity contribution >= 4 is 0 Å². The number of rotatable bonds is 2. The summed E-state index contributed by atoms with van der Waals surface area (Å²) in [5, 5.41) is 10.1. The Labute approximate surface area is 83.7 Å². The Kier molecular flexibility index (Phi) is 3.11. The van der Waals surface area contributed by atoms with Gasteiger partial charge in [0.2, 0.25) is 0 Å². The van der Waals surface area contributed by atoms with Crippen LogP contribution < -0.4 is 0 Å². The zero-order valence-corrected chi connectivity index (χ0v) is 8.10. The Hall–Kier alpha value is -0.930. The third-order valence-electron chi connectivity index (χ3n) is 2.76. The molecule has 0 radical (unpaired) electrons. The number of aromatic nitrogens is 1. The van der Waals surface area contributed by atoms with Gasteiger partial charge in [-0.2, -0.15) is 0 Å². The van der Waals surface area contributed by atoms with Crippen LogP contribution in [0.15, 0.2) is 24.5 Å². The van der Waals surface area contributed by atoms with E-state index in [2.05, 4.69) is 4.98 Å². The lowest BCUT2D eigenvalue weighted by atomic mass is 9.90. The van der Waals surface area contributed by atoms with Gasteiger partial charge >= 0.3 is 0 Å². The summed E-state index contributed by atoms with van der Waals surface area (Å²) in [4.78, 5) is 3.94. The van der Waals surface area contributed by atoms with Crippen molar-refractivity contribution < 1.29 is 9.84 Å². The van der Waals surface area contributed by atoms with Gasteiger partial charge in [-0.25, -0.2) is 0 Å². The second-order valence-electron chi connectivity index (χ2n) is 3.68. The molecule has 14 heavy (non-hydrogen) atoms. The van der Waals surface area contributed by atoms with E-state index in [1.165, 1.54) is 0 Å². The molecule has 3 heteroatoms. The Morgan fingerprint density at radius 1 is 1.29 bits per heavy atom. The summed E-state index contributed by atoms with van der Waals surface area (Å²) in [7, 11) is 0. The standard InChI is InChI=1S/C11H15NO2/c13-11(9-1-5-12-6-2-9)10-3-7-14-8-4-10/h1-2,5-6,10-11,13H,3-4,7-8H2/t11-/m0/s1. The number of hydrogen-bond acceptors (Lipinski definition) is 3. The fourth-order valence-corrected chi connectivity index (χ4v) is 1.86. The molecule has 0 bridgehead atoms. The Morgan fingerprint density at radius 2 is 1.93 bits per heavy atom. The molecule has 1 atom stereocenters. The highest BCUT2D eigenvalue weighted by Crippen LogP contribution is 2.29. The zero-order valence-electron chi connectivity index (χ0n) is 8.10. The maximum atomic E-state index is 10.1. The van der Waals surface area contributed by atoms with Crippen molar-refractivity contribution in [1.82, 2.24) is 4.98 Å². The molecule has 0 aromatic carbocycles. The molecule has 0 saturated carbocycles. The summed E-state index contributed by atoms with van der Waals surface area (Å²) in [6.07, 6.45) is 4.98. The van der Waals surface area contributed by atoms with Crippen LogP contribution in [0.5, 0.6) is 0 Å². The number of nitrogens with zero attached hydrogens (tertiary/aromatic N) is 1. The average molecular weight is 193 g/mol. The van der Waals surface area contributed by atoms with E-state index in [0.29, 0.717) is 5.92 Å². The molecule has 3 nitrogen and oxygen atoms in total. The van der Waals surface area contributed by atoms with Crippen LogP contribution in [0.25, 0.3) is 0 Å². The van der Waals surface area contributed by atoms with Gasteiger partial charge in [0.25, 0.3) is 0 Å². The van der Waals surface area contributed by atoms with Crippen molar-refractivity contribution in [2.75, 3.05) is 13.2 Å². The van der Waals surface area contributed by atoms with Gasteiger partial charge in [0.1, 0.15) is 0 Å². The highest BCUT2D eigenvalue weighted by atomic mass is 16.5. The fraction of sp³-hybridized carbons (Fsp3) is 0.545. The molecule has 2 heterocycles. The lowest BCUT2D eigenvalue weighted by Crippen LogP contribution is -2.21. The monoisotopic (exact) mass is 193 g/mol. The third kappa shape index (κ3) is 2.11. The van der Waals surface area contributed by atoms with Gasteiger partial charge in [-0.1, -0.05) is 0 Å². The minimum Gasteiger partial charge on any atom is -0.388 e. The predicted octanol–water partition coefficient (Wildman–Crippen LogP) is 1.54. The number of hydrogen-bond donors (Lipinski definition) is 1. The van der Waals surface area contributed by atoms with Gasteiger partial charge in [0.05, 0.1) is 6.10 Å². The van der Waals surface area contributed by atoms with Gasteiger partial charge < -0.3 is 9.84 Å². The van der Waals surface area contributed by atoms with Crippen molar-refractivity contribution in [3.05, 3.63) is 30.1 Å². The van der Waals surface area contributed by atoms with Crippen LogP contribution in [0, 0.1) is 5.92 Å². The van der Waals surface area contributed by atoms with Gasteiger partial charge in [-0.3, -0.25) is 4.98 Å². The number of aliphatic hydroxyl groups is 1. The molecule has 1 N–H and O–H groups in total. The maximum absolute atomic E-state index is 10.1. The zero-order chi connectivity index (χ0) is 9.80. The lowest BCUT2D eigenvalue weighted by Gasteiger charge is -2.26. The van der Waals surface area contributed by atoms with E-state index < -0.39 is 0 Å². The molecule has 0 spiro atoms. The van der Waals surface area contributed by atoms with Crippen LogP contribution in [0.4, 0.5) is 0 Å². The van der Waals surface area contributed by atoms with E-state index in [1.807, 2.05) is 12.1 Å². The average Bonchev–Trinajstić information content (AvgIpc) is 2.30. The Morgan fingerprint density at radius 3 is 2.57 bits per heavy atom. The largest absolute Gasteiger partial charge is 0.388 e. The molecule has 0 aliphatic carbocycles. The van der Waals surface area contributed by atoms with E-state index in [9.17, 15) is 5.11 Å². The van der Waals surface area contributed by atoms with Crippen molar-refractivity contribution in [3.63, 3.8) is 0 Å². The first-order chi connectivity index (χ1) is 6.88. The molecular weight excluding hydrogens is 178 g/mol. The lowest BCUT2D eigenvalue weighted by molar-refractivity contribution is 0.00716. The molecular formula is C11H15NO2. The van der Waals surface area contributed by atoms with Crippen molar-refractivity contribution in [2.45, 2.75) is 18.9 Å². The quantitative estimate of drug-likeness (QED) is 0.774. The molecule has 1 aliphatic rings. The Bertz CT molecular complexity index is 270. The highest BCUT2D eigenvalue weighted by Gasteiger charge is 2.22. The first kappa shape index (κ1) is 9.62. The van der Waals surface area contributed by atoms with Crippen LogP contribution in [-0.4, -0.2) is 23.3 Å². The number of ether oxygens (including phenoxy) is 1. The van der Waals surface area contributed by atoms with Gasteiger partial charge in [0.15, 0.2) is 0 Å². The number of aliphatic hydroxyl groups excluding tert-OH is 1. The normalized spacial score (nSPS) is 20.6. The van der Waals surface area contributed by atoms with Crippen molar-refractivity contribution in [1.29, 1.82) is 0 Å². The summed E-state index contributed by atoms with van der Waals surface area (Å²) in [5.41, 5.74) is 0.965. The summed E-state index contributed by atoms with van der Waals surface area (Å²) in [5.74, 6) is 0.339. The number of pyridine rings is 1. The van der Waals surface area contributed by atoms with Crippen LogP contribution in [0.1, 0.15) is 24.5 Å². The first-order valence-electron chi connectivity index (χ1n) is 5.03. The van der Waals surface area contributed by atoms with Gasteiger partial charge in [0, 0.05) is 25.6 Å². The minimum atomic E-state index is -0.359. The summed E-state index contributed by atoms with van der Waals surface area (Å²) >= 11 is 0. The summed E-state index contributed by atoms with van der Waals surface area (Å²) in [6.45, 7) is 1.54. The van der Waals surface area contributed by atoms with Gasteiger partial charge in [-0.05, 0) is 36.5 Å². The maximum Gasteiger partial charge on any atom is 0.0820 e. The molecule has 0 amide bonds. The third-order valence-corrected chi connectivity index (χ3v) is 2.76. The fourth-order valence-electron chi connectivity index (χ4n) is 1.86. The summed E-state index contributed by atoms with van der Waals surface area (Å²) in [6, 6.07) is 3.75. The smallest absolute Gasteiger partial charge is 0.0820 e. The second-order valence-corrected chi connectivity index (χ2v) is 3.68. The van der Waals surface area contributed by atoms with Crippen LogP contribution >= 0.6 is 0 Å². The molecule has 0 unspecified atom stereocenters. The van der Waals surface area contributed by atoms with Crippen LogP contribution in [0.3, 0.4) is 0 Å². The molecule has 1 aromatic heterocycles. The SMILES string of the molecule is O[C@@H](c1ccncc1)C1CCOCC1. The van der Waals surface area contributed by atoms with Crippen molar-refractivity contribution in [2.24, 2.45) is 5.92 Å². The molecule has 1 aromatic rings. The topological polar surface area (TPSA) is 42.4 Å². The van der Waals surface area contributed by atoms with Gasteiger partial charge in [-0.15, -0.1) is 0 Å². The molecule has 1 aliphatic heterocycles. The van der Waals surface area contributed by atoms with Crippen LogP contribution in [0.2, 0.25) is 0 Å². The van der Waals surface area contributed by atoms with Crippen molar-refractivity contribution in [3.8, 4) is 0 Å². The minimum absolute atomic E-state index is 0.339. The van der Waals surface area contributed by atoms with Crippen LogP contribution in [-0.2, 0) is 4.74 Å². The second kappa shape index (κ2) is 4.53. The predicted molar refractivity (Wildman–Crippen MR) is 52.7 cm³/mol. The Balaban J connectivity index is 2.03. The van der Waals surface area contributed by atoms with E-state index in [-0.39, 0.29) is 6.10 Å². The van der Waals surface area contributed by atoms with E-state index in [4.69, 9.17) is 4.74 Å². The highest BCUT2D eigenvalue weighted by molar-refractivity contribution is 5.13. The van der Waals surface area contributed by atoms with E-state index in [0.717, 1.165) is 31.6 Å².